The Morgan fingerprint density at radius 3 is 2.69 bits per heavy atom. The highest BCUT2D eigenvalue weighted by Crippen LogP contribution is 2.09. The first-order chi connectivity index (χ1) is 7.40. The van der Waals surface area contributed by atoms with Crippen LogP contribution in [0.5, 0.6) is 0 Å². The molecular weight excluding hydrogens is 202 g/mol. The second-order valence-electron chi connectivity index (χ2n) is 5.58. The Morgan fingerprint density at radius 1 is 1.44 bits per heavy atom. The molecule has 94 valence electrons. The van der Waals surface area contributed by atoms with Crippen molar-refractivity contribution in [2.75, 3.05) is 19.6 Å². The van der Waals surface area contributed by atoms with Crippen molar-refractivity contribution in [1.82, 2.24) is 15.5 Å². The summed E-state index contributed by atoms with van der Waals surface area (Å²) in [5, 5.41) is 5.98. The largest absolute Gasteiger partial charge is 0.334 e. The van der Waals surface area contributed by atoms with Gasteiger partial charge in [-0.15, -0.1) is 0 Å². The fraction of sp³-hybridized carbons (Fsp3) is 0.917. The molecule has 1 unspecified atom stereocenters. The van der Waals surface area contributed by atoms with Crippen molar-refractivity contribution in [3.8, 4) is 0 Å². The summed E-state index contributed by atoms with van der Waals surface area (Å²) in [5.74, 6) is 0. The first-order valence-corrected chi connectivity index (χ1v) is 6.22. The van der Waals surface area contributed by atoms with Gasteiger partial charge in [0.15, 0.2) is 0 Å². The van der Waals surface area contributed by atoms with E-state index in [1.807, 2.05) is 20.8 Å². The molecule has 0 saturated carbocycles. The lowest BCUT2D eigenvalue weighted by Crippen LogP contribution is -2.53. The van der Waals surface area contributed by atoms with E-state index >= 15 is 0 Å². The summed E-state index contributed by atoms with van der Waals surface area (Å²) in [6, 6.07) is 0.256. The summed E-state index contributed by atoms with van der Waals surface area (Å²) >= 11 is 0. The zero-order chi connectivity index (χ0) is 12.2. The van der Waals surface area contributed by atoms with E-state index < -0.39 is 0 Å². The highest BCUT2D eigenvalue weighted by atomic mass is 16.2. The van der Waals surface area contributed by atoms with Crippen LogP contribution < -0.4 is 10.6 Å². The van der Waals surface area contributed by atoms with Crippen LogP contribution >= 0.6 is 0 Å². The number of amides is 2. The van der Waals surface area contributed by atoms with Gasteiger partial charge in [-0.1, -0.05) is 6.92 Å². The molecule has 0 aromatic carbocycles. The predicted octanol–water partition coefficient (Wildman–Crippen LogP) is 1.57. The maximum absolute atomic E-state index is 11.7. The lowest BCUT2D eigenvalue weighted by atomic mass is 10.1. The Kier molecular flexibility index (Phi) is 4.59. The molecule has 1 saturated heterocycles. The fourth-order valence-corrected chi connectivity index (χ4v) is 2.02. The van der Waals surface area contributed by atoms with Crippen LogP contribution in [0.4, 0.5) is 4.79 Å². The normalized spacial score (nSPS) is 22.9. The Labute approximate surface area is 98.8 Å². The molecule has 0 aromatic rings. The van der Waals surface area contributed by atoms with Gasteiger partial charge in [-0.3, -0.25) is 0 Å². The van der Waals surface area contributed by atoms with Crippen LogP contribution in [0.25, 0.3) is 0 Å². The van der Waals surface area contributed by atoms with Gasteiger partial charge < -0.3 is 15.5 Å². The number of hydrogen-bond acceptors (Lipinski definition) is 2. The van der Waals surface area contributed by atoms with Crippen molar-refractivity contribution in [1.29, 1.82) is 0 Å². The Hall–Kier alpha value is -0.770. The maximum Gasteiger partial charge on any atom is 0.315 e. The number of likely N-dealkylation sites (N-methyl/N-ethyl adjacent to an activating group) is 1. The minimum atomic E-state index is -0.163. The summed E-state index contributed by atoms with van der Waals surface area (Å²) in [4.78, 5) is 14.1. The zero-order valence-corrected chi connectivity index (χ0v) is 11.0. The van der Waals surface area contributed by atoms with Crippen molar-refractivity contribution in [3.63, 3.8) is 0 Å². The van der Waals surface area contributed by atoms with Crippen LogP contribution in [0.15, 0.2) is 0 Å². The molecule has 1 aliphatic rings. The smallest absolute Gasteiger partial charge is 0.315 e. The van der Waals surface area contributed by atoms with E-state index in [-0.39, 0.29) is 11.6 Å². The third-order valence-corrected chi connectivity index (χ3v) is 2.78. The van der Waals surface area contributed by atoms with Gasteiger partial charge >= 0.3 is 6.03 Å². The van der Waals surface area contributed by atoms with Crippen LogP contribution in [0, 0.1) is 0 Å². The third-order valence-electron chi connectivity index (χ3n) is 2.78. The topological polar surface area (TPSA) is 44.4 Å². The van der Waals surface area contributed by atoms with Crippen LogP contribution in [0.1, 0.15) is 40.5 Å². The number of nitrogens with one attached hydrogen (secondary N) is 2. The number of nitrogens with zero attached hydrogens (tertiary/aromatic N) is 1. The summed E-state index contributed by atoms with van der Waals surface area (Å²) in [6.45, 7) is 11.4. The van der Waals surface area contributed by atoms with Crippen molar-refractivity contribution in [2.45, 2.75) is 52.1 Å². The second kappa shape index (κ2) is 5.53. The van der Waals surface area contributed by atoms with E-state index in [0.29, 0.717) is 6.04 Å². The molecule has 0 spiro atoms. The molecule has 0 bridgehead atoms. The summed E-state index contributed by atoms with van der Waals surface area (Å²) in [5.41, 5.74) is -0.163. The number of rotatable bonds is 2. The van der Waals surface area contributed by atoms with Gasteiger partial charge in [0, 0.05) is 18.1 Å². The zero-order valence-electron chi connectivity index (χ0n) is 11.0. The van der Waals surface area contributed by atoms with Gasteiger partial charge in [0.1, 0.15) is 0 Å². The Morgan fingerprint density at radius 2 is 2.12 bits per heavy atom. The lowest BCUT2D eigenvalue weighted by molar-refractivity contribution is 0.189. The van der Waals surface area contributed by atoms with E-state index in [1.54, 1.807) is 0 Å². The highest BCUT2D eigenvalue weighted by Gasteiger charge is 2.21. The summed E-state index contributed by atoms with van der Waals surface area (Å²) < 4.78 is 0. The molecule has 2 amide bonds. The minimum Gasteiger partial charge on any atom is -0.334 e. The van der Waals surface area contributed by atoms with E-state index in [0.717, 1.165) is 26.1 Å². The fourth-order valence-electron chi connectivity index (χ4n) is 2.02. The summed E-state index contributed by atoms with van der Waals surface area (Å²) in [6.07, 6.45) is 2.27. The molecule has 1 fully saturated rings. The third kappa shape index (κ3) is 4.84. The maximum atomic E-state index is 11.7. The molecule has 1 aliphatic heterocycles. The van der Waals surface area contributed by atoms with Gasteiger partial charge in [-0.2, -0.15) is 0 Å². The molecule has 4 heteroatoms. The molecule has 1 rings (SSSR count). The average Bonchev–Trinajstić information content (AvgIpc) is 2.15. The Balaban J connectivity index is 2.33. The van der Waals surface area contributed by atoms with Gasteiger partial charge in [-0.05, 0) is 46.7 Å². The molecule has 0 aromatic heterocycles. The number of urea groups is 1. The molecular formula is C12H25N3O. The minimum absolute atomic E-state index is 0.0459. The van der Waals surface area contributed by atoms with Gasteiger partial charge in [0.25, 0.3) is 0 Å². The average molecular weight is 227 g/mol. The number of carbonyl (C=O) groups excluding carboxylic acids is 1. The van der Waals surface area contributed by atoms with Gasteiger partial charge in [-0.25, -0.2) is 4.79 Å². The second-order valence-corrected chi connectivity index (χ2v) is 5.58. The lowest BCUT2D eigenvalue weighted by Gasteiger charge is -2.33. The number of hydrogen-bond donors (Lipinski definition) is 2. The monoisotopic (exact) mass is 227 g/mol. The van der Waals surface area contributed by atoms with E-state index in [2.05, 4.69) is 22.5 Å². The van der Waals surface area contributed by atoms with E-state index in [4.69, 9.17) is 0 Å². The van der Waals surface area contributed by atoms with Crippen LogP contribution in [0.2, 0.25) is 0 Å². The van der Waals surface area contributed by atoms with Gasteiger partial charge in [0.05, 0.1) is 0 Å². The number of carbonyl (C=O) groups is 1. The molecule has 1 atom stereocenters. The molecule has 16 heavy (non-hydrogen) atoms. The van der Waals surface area contributed by atoms with Crippen molar-refractivity contribution in [2.24, 2.45) is 0 Å². The molecule has 0 aliphatic carbocycles. The van der Waals surface area contributed by atoms with Crippen LogP contribution in [-0.4, -0.2) is 42.1 Å². The highest BCUT2D eigenvalue weighted by molar-refractivity contribution is 5.75. The number of piperidine rings is 1. The first-order valence-electron chi connectivity index (χ1n) is 6.22. The van der Waals surface area contributed by atoms with Crippen molar-refractivity contribution < 1.29 is 4.79 Å². The van der Waals surface area contributed by atoms with Crippen LogP contribution in [0.3, 0.4) is 0 Å². The van der Waals surface area contributed by atoms with Crippen molar-refractivity contribution >= 4 is 6.03 Å². The predicted molar refractivity (Wildman–Crippen MR) is 66.6 cm³/mol. The quantitative estimate of drug-likeness (QED) is 0.752. The van der Waals surface area contributed by atoms with Gasteiger partial charge in [0.2, 0.25) is 0 Å². The number of likely N-dealkylation sites (tertiary alicyclic amines) is 1. The summed E-state index contributed by atoms with van der Waals surface area (Å²) in [7, 11) is 0. The van der Waals surface area contributed by atoms with Crippen LogP contribution in [-0.2, 0) is 0 Å². The van der Waals surface area contributed by atoms with E-state index in [1.165, 1.54) is 6.42 Å². The SMILES string of the molecule is CCN1CCCC(NC(=O)NC(C)(C)C)C1. The molecule has 0 radical (unpaired) electrons. The van der Waals surface area contributed by atoms with Crippen molar-refractivity contribution in [3.05, 3.63) is 0 Å². The molecule has 4 nitrogen and oxygen atoms in total. The van der Waals surface area contributed by atoms with E-state index in [9.17, 15) is 4.79 Å². The first kappa shape index (κ1) is 13.3. The molecule has 1 heterocycles. The standard InChI is InChI=1S/C12H25N3O/c1-5-15-8-6-7-10(9-15)13-11(16)14-12(2,3)4/h10H,5-9H2,1-4H3,(H2,13,14,16). The molecule has 2 N–H and O–H groups in total. The Bertz CT molecular complexity index is 235.